The van der Waals surface area contributed by atoms with Crippen molar-refractivity contribution in [2.45, 2.75) is 45.6 Å². The number of hydrogen-bond acceptors (Lipinski definition) is 6. The van der Waals surface area contributed by atoms with Crippen LogP contribution in [-0.4, -0.2) is 39.8 Å². The zero-order chi connectivity index (χ0) is 22.7. The summed E-state index contributed by atoms with van der Waals surface area (Å²) in [4.78, 5) is 33.4. The summed E-state index contributed by atoms with van der Waals surface area (Å²) in [6.07, 6.45) is 0. The molecule has 3 aromatic rings. The van der Waals surface area contributed by atoms with E-state index in [9.17, 15) is 18.4 Å². The Bertz CT molecular complexity index is 1140. The number of amides is 1. The Balaban J connectivity index is 1.68. The number of thioether (sulfide) groups is 1. The molecule has 1 aromatic carbocycles. The number of nitrogens with zero attached hydrogens (tertiary/aromatic N) is 3. The highest BCUT2D eigenvalue weighted by molar-refractivity contribution is 7.99. The van der Waals surface area contributed by atoms with Crippen LogP contribution in [0.4, 0.5) is 8.78 Å². The first kappa shape index (κ1) is 23.2. The molecular formula is C21H23F2N3O3S2. The quantitative estimate of drug-likeness (QED) is 0.362. The Morgan fingerprint density at radius 3 is 2.58 bits per heavy atom. The number of thiophene rings is 1. The van der Waals surface area contributed by atoms with Crippen LogP contribution in [0.25, 0.3) is 10.2 Å². The number of benzene rings is 1. The molecule has 0 aliphatic rings. The summed E-state index contributed by atoms with van der Waals surface area (Å²) in [7, 11) is 1.67. The topological polar surface area (TPSA) is 64.4 Å². The monoisotopic (exact) mass is 467 g/mol. The first-order valence-electron chi connectivity index (χ1n) is 9.62. The van der Waals surface area contributed by atoms with Crippen LogP contribution >= 0.6 is 23.1 Å². The van der Waals surface area contributed by atoms with Gasteiger partial charge in [0.2, 0.25) is 5.91 Å². The third-order valence-corrected chi connectivity index (χ3v) is 6.95. The van der Waals surface area contributed by atoms with Crippen molar-refractivity contribution in [1.29, 1.82) is 0 Å². The lowest BCUT2D eigenvalue weighted by molar-refractivity contribution is -0.127. The number of carbonyl (C=O) groups excluding carboxylic acids is 1. The minimum absolute atomic E-state index is 0.0707. The fourth-order valence-electron chi connectivity index (χ4n) is 3.07. The molecule has 0 N–H and O–H groups in total. The van der Waals surface area contributed by atoms with Gasteiger partial charge in [0, 0.05) is 25.0 Å². The average molecular weight is 468 g/mol. The van der Waals surface area contributed by atoms with Crippen molar-refractivity contribution >= 4 is 39.2 Å². The fraction of sp³-hybridized carbons (Fsp3) is 0.381. The number of carbonyl (C=O) groups is 1. The van der Waals surface area contributed by atoms with E-state index in [1.165, 1.54) is 35.2 Å². The van der Waals surface area contributed by atoms with Crippen LogP contribution in [0.3, 0.4) is 0 Å². The van der Waals surface area contributed by atoms with E-state index in [0.29, 0.717) is 28.5 Å². The minimum atomic E-state index is -2.87. The van der Waals surface area contributed by atoms with E-state index in [4.69, 9.17) is 0 Å². The molecule has 3 rings (SSSR count). The van der Waals surface area contributed by atoms with Gasteiger partial charge in [0.25, 0.3) is 5.56 Å². The van der Waals surface area contributed by atoms with E-state index in [2.05, 4.69) is 9.72 Å². The van der Waals surface area contributed by atoms with Gasteiger partial charge in [-0.15, -0.1) is 11.3 Å². The summed E-state index contributed by atoms with van der Waals surface area (Å²) < 4.78 is 30.4. The second kappa shape index (κ2) is 9.78. The molecule has 0 aliphatic heterocycles. The van der Waals surface area contributed by atoms with Gasteiger partial charge in [0.05, 0.1) is 11.1 Å². The summed E-state index contributed by atoms with van der Waals surface area (Å²) in [6.45, 7) is 3.69. The van der Waals surface area contributed by atoms with Crippen LogP contribution in [0.15, 0.2) is 34.2 Å². The molecule has 6 nitrogen and oxygen atoms in total. The SMILES string of the molecule is CCn1c(SCC(=O)N(C)Cc2ccc(OC(F)F)cc2)nc2sc(C)c(C)c2c1=O. The summed E-state index contributed by atoms with van der Waals surface area (Å²) in [5, 5.41) is 1.17. The van der Waals surface area contributed by atoms with Crippen molar-refractivity contribution < 1.29 is 18.3 Å². The molecule has 2 aromatic heterocycles. The number of ether oxygens (including phenoxy) is 1. The lowest BCUT2D eigenvalue weighted by Gasteiger charge is -2.18. The Kier molecular flexibility index (Phi) is 7.32. The van der Waals surface area contributed by atoms with E-state index in [-0.39, 0.29) is 23.0 Å². The Hall–Kier alpha value is -2.46. The summed E-state index contributed by atoms with van der Waals surface area (Å²) in [6, 6.07) is 6.16. The van der Waals surface area contributed by atoms with Crippen molar-refractivity contribution in [1.82, 2.24) is 14.5 Å². The largest absolute Gasteiger partial charge is 0.435 e. The summed E-state index contributed by atoms with van der Waals surface area (Å²) in [5.41, 5.74) is 1.66. The van der Waals surface area contributed by atoms with Gasteiger partial charge in [-0.1, -0.05) is 23.9 Å². The third kappa shape index (κ3) is 5.24. The molecule has 2 heterocycles. The van der Waals surface area contributed by atoms with Crippen molar-refractivity contribution in [3.8, 4) is 5.75 Å². The second-order valence-electron chi connectivity index (χ2n) is 6.97. The van der Waals surface area contributed by atoms with Gasteiger partial charge in [-0.05, 0) is 44.0 Å². The lowest BCUT2D eigenvalue weighted by atomic mass is 10.2. The van der Waals surface area contributed by atoms with E-state index >= 15 is 0 Å². The van der Waals surface area contributed by atoms with Gasteiger partial charge in [-0.3, -0.25) is 14.2 Å². The Morgan fingerprint density at radius 2 is 1.97 bits per heavy atom. The lowest BCUT2D eigenvalue weighted by Crippen LogP contribution is -2.28. The molecule has 1 amide bonds. The summed E-state index contributed by atoms with van der Waals surface area (Å²) in [5.74, 6) is 0.0689. The molecule has 0 aliphatic carbocycles. The van der Waals surface area contributed by atoms with E-state index in [0.717, 1.165) is 16.0 Å². The number of alkyl halides is 2. The van der Waals surface area contributed by atoms with Crippen molar-refractivity contribution in [3.05, 3.63) is 50.6 Å². The van der Waals surface area contributed by atoms with Crippen LogP contribution in [0, 0.1) is 13.8 Å². The highest BCUT2D eigenvalue weighted by Gasteiger charge is 2.18. The number of aryl methyl sites for hydroxylation is 2. The zero-order valence-corrected chi connectivity index (χ0v) is 19.3. The normalized spacial score (nSPS) is 11.3. The number of fused-ring (bicyclic) bond motifs is 1. The van der Waals surface area contributed by atoms with E-state index in [1.54, 1.807) is 28.6 Å². The standard InChI is InChI=1S/C21H23F2N3O3S2/c1-5-26-19(28)17-12(2)13(3)31-18(17)24-21(26)30-11-16(27)25(4)10-14-6-8-15(9-7-14)29-20(22)23/h6-9,20H,5,10-11H2,1-4H3. The first-order chi connectivity index (χ1) is 14.7. The van der Waals surface area contributed by atoms with E-state index < -0.39 is 6.61 Å². The molecule has 0 unspecified atom stereocenters. The molecule has 0 radical (unpaired) electrons. The fourth-order valence-corrected chi connectivity index (χ4v) is 5.15. The molecule has 10 heteroatoms. The van der Waals surface area contributed by atoms with Gasteiger partial charge in [0.1, 0.15) is 10.6 Å². The predicted molar refractivity (Wildman–Crippen MR) is 119 cm³/mol. The van der Waals surface area contributed by atoms with Crippen LogP contribution in [0.5, 0.6) is 5.75 Å². The van der Waals surface area contributed by atoms with Crippen molar-refractivity contribution in [3.63, 3.8) is 0 Å². The Labute approximate surface area is 186 Å². The van der Waals surface area contributed by atoms with Crippen LogP contribution in [-0.2, 0) is 17.9 Å². The third-order valence-electron chi connectivity index (χ3n) is 4.89. The van der Waals surface area contributed by atoms with Crippen molar-refractivity contribution in [2.24, 2.45) is 0 Å². The molecule has 31 heavy (non-hydrogen) atoms. The number of aromatic nitrogens is 2. The summed E-state index contributed by atoms with van der Waals surface area (Å²) >= 11 is 2.72. The first-order valence-corrected chi connectivity index (χ1v) is 11.4. The van der Waals surface area contributed by atoms with Crippen LogP contribution < -0.4 is 10.3 Å². The maximum absolute atomic E-state index is 12.9. The molecule has 0 spiro atoms. The van der Waals surface area contributed by atoms with Crippen molar-refractivity contribution in [2.75, 3.05) is 12.8 Å². The second-order valence-corrected chi connectivity index (χ2v) is 9.11. The molecule has 0 fully saturated rings. The van der Waals surface area contributed by atoms with Gasteiger partial charge < -0.3 is 9.64 Å². The smallest absolute Gasteiger partial charge is 0.387 e. The minimum Gasteiger partial charge on any atom is -0.435 e. The molecular weight excluding hydrogens is 444 g/mol. The van der Waals surface area contributed by atoms with Crippen LogP contribution in [0.2, 0.25) is 0 Å². The van der Waals surface area contributed by atoms with Gasteiger partial charge in [-0.2, -0.15) is 8.78 Å². The molecule has 0 atom stereocenters. The van der Waals surface area contributed by atoms with Gasteiger partial charge in [-0.25, -0.2) is 4.98 Å². The maximum atomic E-state index is 12.9. The van der Waals surface area contributed by atoms with Gasteiger partial charge >= 0.3 is 6.61 Å². The van der Waals surface area contributed by atoms with E-state index in [1.807, 2.05) is 20.8 Å². The zero-order valence-electron chi connectivity index (χ0n) is 17.6. The highest BCUT2D eigenvalue weighted by Crippen LogP contribution is 2.28. The Morgan fingerprint density at radius 1 is 1.29 bits per heavy atom. The number of hydrogen-bond donors (Lipinski definition) is 0. The molecule has 166 valence electrons. The highest BCUT2D eigenvalue weighted by atomic mass is 32.2. The average Bonchev–Trinajstić information content (AvgIpc) is 3.01. The molecule has 0 saturated heterocycles. The predicted octanol–water partition coefficient (Wildman–Crippen LogP) is 4.45. The van der Waals surface area contributed by atoms with Crippen LogP contribution in [0.1, 0.15) is 22.9 Å². The number of rotatable bonds is 8. The number of halogens is 2. The maximum Gasteiger partial charge on any atom is 0.387 e. The van der Waals surface area contributed by atoms with Gasteiger partial charge in [0.15, 0.2) is 5.16 Å². The molecule has 0 saturated carbocycles. The molecule has 0 bridgehead atoms.